The van der Waals surface area contributed by atoms with E-state index in [2.05, 4.69) is 0 Å². The summed E-state index contributed by atoms with van der Waals surface area (Å²) in [6.45, 7) is 1.85. The van der Waals surface area contributed by atoms with Crippen molar-refractivity contribution >= 4 is 29.1 Å². The number of hydrogen-bond donors (Lipinski definition) is 1. The normalized spacial score (nSPS) is 10.3. The first-order valence-electron chi connectivity index (χ1n) is 8.02. The second-order valence-corrected chi connectivity index (χ2v) is 6.09. The van der Waals surface area contributed by atoms with E-state index in [1.165, 1.54) is 4.90 Å². The van der Waals surface area contributed by atoms with Crippen LogP contribution in [0.3, 0.4) is 0 Å². The molecule has 6 nitrogen and oxygen atoms in total. The summed E-state index contributed by atoms with van der Waals surface area (Å²) in [4.78, 5) is 25.2. The first kappa shape index (κ1) is 19.6. The second kappa shape index (κ2) is 9.10. The van der Waals surface area contributed by atoms with Crippen molar-refractivity contribution in [2.75, 3.05) is 25.2 Å². The number of carbonyl (C=O) groups excluding carboxylic acids is 2. The summed E-state index contributed by atoms with van der Waals surface area (Å²) < 4.78 is 10.7. The summed E-state index contributed by atoms with van der Waals surface area (Å²) in [6, 6.07) is 12.3. The number of rotatable bonds is 8. The van der Waals surface area contributed by atoms with E-state index in [0.717, 1.165) is 5.56 Å². The third-order valence-electron chi connectivity index (χ3n) is 3.70. The smallest absolute Gasteiger partial charge is 0.264 e. The van der Waals surface area contributed by atoms with E-state index in [4.69, 9.17) is 26.8 Å². The van der Waals surface area contributed by atoms with Crippen LogP contribution in [0.1, 0.15) is 12.0 Å². The molecule has 0 spiro atoms. The van der Waals surface area contributed by atoms with Crippen LogP contribution in [0.2, 0.25) is 5.02 Å². The molecule has 0 heterocycles. The van der Waals surface area contributed by atoms with Gasteiger partial charge in [-0.3, -0.25) is 9.59 Å². The number of carbonyl (C=O) groups is 2. The Morgan fingerprint density at radius 2 is 1.85 bits per heavy atom. The van der Waals surface area contributed by atoms with E-state index in [9.17, 15) is 9.59 Å². The van der Waals surface area contributed by atoms with Crippen LogP contribution < -0.4 is 20.1 Å². The van der Waals surface area contributed by atoms with E-state index < -0.39 is 5.91 Å². The highest BCUT2D eigenvalue weighted by Gasteiger charge is 2.18. The van der Waals surface area contributed by atoms with Crippen molar-refractivity contribution in [1.29, 1.82) is 0 Å². The molecule has 2 rings (SSSR count). The number of halogens is 1. The van der Waals surface area contributed by atoms with Gasteiger partial charge in [0.2, 0.25) is 5.91 Å². The highest BCUT2D eigenvalue weighted by molar-refractivity contribution is 6.32. The monoisotopic (exact) mass is 376 g/mol. The van der Waals surface area contributed by atoms with Crippen LogP contribution >= 0.6 is 11.6 Å². The van der Waals surface area contributed by atoms with E-state index >= 15 is 0 Å². The molecule has 26 heavy (non-hydrogen) atoms. The molecule has 0 aromatic heterocycles. The van der Waals surface area contributed by atoms with Crippen molar-refractivity contribution in [3.63, 3.8) is 0 Å². The van der Waals surface area contributed by atoms with Gasteiger partial charge in [0.15, 0.2) is 6.61 Å². The molecule has 2 amide bonds. The first-order chi connectivity index (χ1) is 12.4. The molecule has 138 valence electrons. The molecule has 0 bridgehead atoms. The van der Waals surface area contributed by atoms with E-state index in [1.807, 2.05) is 13.0 Å². The number of amides is 2. The largest absolute Gasteiger partial charge is 0.497 e. The zero-order valence-corrected chi connectivity index (χ0v) is 15.5. The Morgan fingerprint density at radius 3 is 2.46 bits per heavy atom. The Labute approximate surface area is 157 Å². The van der Waals surface area contributed by atoms with E-state index in [1.54, 1.807) is 43.5 Å². The minimum atomic E-state index is -0.487. The zero-order chi connectivity index (χ0) is 19.1. The van der Waals surface area contributed by atoms with Gasteiger partial charge in [-0.05, 0) is 48.9 Å². The lowest BCUT2D eigenvalue weighted by molar-refractivity contribution is -0.120. The van der Waals surface area contributed by atoms with Crippen molar-refractivity contribution in [3.05, 3.63) is 53.1 Å². The number of primary amides is 1. The van der Waals surface area contributed by atoms with Crippen LogP contribution in [0.4, 0.5) is 5.69 Å². The highest BCUT2D eigenvalue weighted by atomic mass is 35.5. The maximum atomic E-state index is 12.7. The quantitative estimate of drug-likeness (QED) is 0.767. The van der Waals surface area contributed by atoms with Gasteiger partial charge in [0.1, 0.15) is 11.5 Å². The number of ether oxygens (including phenoxy) is 2. The topological polar surface area (TPSA) is 81.9 Å². The molecule has 0 fully saturated rings. The molecule has 0 aliphatic rings. The molecule has 0 saturated heterocycles. The Bertz CT molecular complexity index is 778. The standard InChI is InChI=1S/C19H21ClN2O4/c1-13-3-8-16(20)17(11-13)26-12-19(24)22(10-9-18(21)23)14-4-6-15(25-2)7-5-14/h3-8,11H,9-10,12H2,1-2H3,(H2,21,23). The van der Waals surface area contributed by atoms with Gasteiger partial charge in [-0.25, -0.2) is 0 Å². The number of benzene rings is 2. The molecule has 0 unspecified atom stereocenters. The Kier molecular flexibility index (Phi) is 6.86. The van der Waals surface area contributed by atoms with Gasteiger partial charge in [0, 0.05) is 18.7 Å². The summed E-state index contributed by atoms with van der Waals surface area (Å²) in [7, 11) is 1.56. The van der Waals surface area contributed by atoms with Gasteiger partial charge < -0.3 is 20.1 Å². The van der Waals surface area contributed by atoms with Crippen LogP contribution in [0.15, 0.2) is 42.5 Å². The lowest BCUT2D eigenvalue weighted by Gasteiger charge is -2.23. The minimum absolute atomic E-state index is 0.0446. The van der Waals surface area contributed by atoms with Crippen LogP contribution in [0.5, 0.6) is 11.5 Å². The van der Waals surface area contributed by atoms with Crippen LogP contribution in [-0.4, -0.2) is 32.1 Å². The number of nitrogens with zero attached hydrogens (tertiary/aromatic N) is 1. The van der Waals surface area contributed by atoms with Crippen molar-refractivity contribution in [1.82, 2.24) is 0 Å². The Morgan fingerprint density at radius 1 is 1.15 bits per heavy atom. The molecule has 2 N–H and O–H groups in total. The van der Waals surface area contributed by atoms with Crippen molar-refractivity contribution in [2.24, 2.45) is 5.73 Å². The van der Waals surface area contributed by atoms with Crippen LogP contribution in [0.25, 0.3) is 0 Å². The number of hydrogen-bond acceptors (Lipinski definition) is 4. The number of aryl methyl sites for hydroxylation is 1. The fourth-order valence-corrected chi connectivity index (χ4v) is 2.49. The second-order valence-electron chi connectivity index (χ2n) is 5.68. The summed E-state index contributed by atoms with van der Waals surface area (Å²) in [5.41, 5.74) is 6.81. The van der Waals surface area contributed by atoms with Crippen LogP contribution in [0, 0.1) is 6.92 Å². The predicted molar refractivity (Wildman–Crippen MR) is 101 cm³/mol. The fourth-order valence-electron chi connectivity index (χ4n) is 2.32. The van der Waals surface area contributed by atoms with Gasteiger partial charge in [-0.15, -0.1) is 0 Å². The van der Waals surface area contributed by atoms with Gasteiger partial charge in [0.25, 0.3) is 5.91 Å². The van der Waals surface area contributed by atoms with E-state index in [0.29, 0.717) is 22.2 Å². The molecule has 2 aromatic carbocycles. The predicted octanol–water partition coefficient (Wildman–Crippen LogP) is 2.94. The first-order valence-corrected chi connectivity index (χ1v) is 8.40. The number of nitrogens with two attached hydrogens (primary N) is 1. The zero-order valence-electron chi connectivity index (χ0n) is 14.7. The fraction of sp³-hybridized carbons (Fsp3) is 0.263. The van der Waals surface area contributed by atoms with Gasteiger partial charge in [0.05, 0.1) is 12.1 Å². The van der Waals surface area contributed by atoms with Crippen molar-refractivity contribution in [3.8, 4) is 11.5 Å². The third-order valence-corrected chi connectivity index (χ3v) is 4.02. The highest BCUT2D eigenvalue weighted by Crippen LogP contribution is 2.26. The van der Waals surface area contributed by atoms with Gasteiger partial charge >= 0.3 is 0 Å². The molecular formula is C19H21ClN2O4. The van der Waals surface area contributed by atoms with E-state index in [-0.39, 0.29) is 25.5 Å². The molecular weight excluding hydrogens is 356 g/mol. The van der Waals surface area contributed by atoms with Gasteiger partial charge in [-0.1, -0.05) is 17.7 Å². The lowest BCUT2D eigenvalue weighted by atomic mass is 10.2. The molecule has 7 heteroatoms. The van der Waals surface area contributed by atoms with Crippen LogP contribution in [-0.2, 0) is 9.59 Å². The maximum Gasteiger partial charge on any atom is 0.264 e. The molecule has 0 radical (unpaired) electrons. The Balaban J connectivity index is 2.13. The van der Waals surface area contributed by atoms with Gasteiger partial charge in [-0.2, -0.15) is 0 Å². The molecule has 0 atom stereocenters. The Hall–Kier alpha value is -2.73. The minimum Gasteiger partial charge on any atom is -0.497 e. The molecule has 2 aromatic rings. The average Bonchev–Trinajstić information content (AvgIpc) is 2.63. The summed E-state index contributed by atoms with van der Waals surface area (Å²) >= 11 is 6.09. The SMILES string of the molecule is COc1ccc(N(CCC(N)=O)C(=O)COc2cc(C)ccc2Cl)cc1. The third kappa shape index (κ3) is 5.39. The van der Waals surface area contributed by atoms with Crippen molar-refractivity contribution in [2.45, 2.75) is 13.3 Å². The molecule has 0 saturated carbocycles. The lowest BCUT2D eigenvalue weighted by Crippen LogP contribution is -2.37. The maximum absolute atomic E-state index is 12.7. The van der Waals surface area contributed by atoms with Crippen molar-refractivity contribution < 1.29 is 19.1 Å². The summed E-state index contributed by atoms with van der Waals surface area (Å²) in [5, 5.41) is 0.427. The number of anilines is 1. The summed E-state index contributed by atoms with van der Waals surface area (Å²) in [5.74, 6) is 0.302. The average molecular weight is 377 g/mol. The summed E-state index contributed by atoms with van der Waals surface area (Å²) in [6.07, 6.45) is 0.0446. The molecule has 0 aliphatic heterocycles. The number of methoxy groups -OCH3 is 1. The molecule has 0 aliphatic carbocycles.